The Morgan fingerprint density at radius 1 is 1.56 bits per heavy atom. The molecule has 1 aliphatic rings. The Morgan fingerprint density at radius 2 is 2.31 bits per heavy atom. The van der Waals surface area contributed by atoms with Crippen LogP contribution in [0.25, 0.3) is 0 Å². The lowest BCUT2D eigenvalue weighted by Gasteiger charge is -2.17. The third-order valence-electron chi connectivity index (χ3n) is 2.92. The molecule has 0 aromatic rings. The molecule has 1 amide bonds. The third-order valence-corrected chi connectivity index (χ3v) is 2.92. The lowest BCUT2D eigenvalue weighted by molar-refractivity contribution is -0.135. The minimum Gasteiger partial charge on any atom is -0.393 e. The first kappa shape index (κ1) is 13.4. The van der Waals surface area contributed by atoms with Gasteiger partial charge < -0.3 is 19.5 Å². The highest BCUT2D eigenvalue weighted by Gasteiger charge is 2.28. The molecule has 1 fully saturated rings. The smallest absolute Gasteiger partial charge is 0.248 e. The Labute approximate surface area is 96.3 Å². The normalized spacial score (nSPS) is 22.4. The molecule has 0 radical (unpaired) electrons. The summed E-state index contributed by atoms with van der Waals surface area (Å²) in [5, 5.41) is 9.41. The number of hydrogen-bond donors (Lipinski definition) is 1. The van der Waals surface area contributed by atoms with Crippen molar-refractivity contribution in [2.24, 2.45) is 5.92 Å². The van der Waals surface area contributed by atoms with Crippen LogP contribution in [-0.2, 0) is 14.3 Å². The zero-order valence-corrected chi connectivity index (χ0v) is 10.0. The van der Waals surface area contributed by atoms with Gasteiger partial charge in [-0.05, 0) is 13.3 Å². The maximum atomic E-state index is 11.7. The van der Waals surface area contributed by atoms with Gasteiger partial charge in [0.2, 0.25) is 5.91 Å². The molecule has 1 N–H and O–H groups in total. The lowest BCUT2D eigenvalue weighted by atomic mass is 10.0. The Balaban J connectivity index is 2.18. The van der Waals surface area contributed by atoms with Crippen molar-refractivity contribution in [3.05, 3.63) is 0 Å². The van der Waals surface area contributed by atoms with Crippen molar-refractivity contribution < 1.29 is 19.4 Å². The number of ether oxygens (including phenoxy) is 2. The molecule has 2 atom stereocenters. The average Bonchev–Trinajstić information content (AvgIpc) is 2.73. The first-order valence-corrected chi connectivity index (χ1v) is 5.67. The highest BCUT2D eigenvalue weighted by Crippen LogP contribution is 2.19. The van der Waals surface area contributed by atoms with Crippen LogP contribution < -0.4 is 0 Å². The molecule has 16 heavy (non-hydrogen) atoms. The van der Waals surface area contributed by atoms with Gasteiger partial charge in [-0.25, -0.2) is 0 Å². The van der Waals surface area contributed by atoms with E-state index in [9.17, 15) is 9.90 Å². The van der Waals surface area contributed by atoms with Crippen molar-refractivity contribution in [2.75, 3.05) is 40.0 Å². The second-order valence-corrected chi connectivity index (χ2v) is 4.17. The van der Waals surface area contributed by atoms with E-state index >= 15 is 0 Å². The highest BCUT2D eigenvalue weighted by atomic mass is 16.5. The number of carbonyl (C=O) groups is 1. The molecule has 1 heterocycles. The van der Waals surface area contributed by atoms with E-state index in [-0.39, 0.29) is 24.5 Å². The van der Waals surface area contributed by atoms with Crippen LogP contribution in [0, 0.1) is 5.92 Å². The number of likely N-dealkylation sites (tertiary alicyclic amines) is 1. The number of rotatable bonds is 6. The fraction of sp³-hybridized carbons (Fsp3) is 0.909. The van der Waals surface area contributed by atoms with E-state index in [2.05, 4.69) is 0 Å². The van der Waals surface area contributed by atoms with Gasteiger partial charge in [-0.2, -0.15) is 0 Å². The zero-order chi connectivity index (χ0) is 12.0. The van der Waals surface area contributed by atoms with Crippen molar-refractivity contribution in [1.29, 1.82) is 0 Å². The predicted octanol–water partition coefficient (Wildman–Crippen LogP) is -0.121. The number of methoxy groups -OCH3 is 1. The largest absolute Gasteiger partial charge is 0.393 e. The van der Waals surface area contributed by atoms with Crippen LogP contribution in [0.4, 0.5) is 0 Å². The first-order chi connectivity index (χ1) is 7.65. The SMILES string of the molecule is COCCOCC(=O)N1CCC(C(C)O)C1. The Bertz CT molecular complexity index is 220. The minimum atomic E-state index is -0.341. The van der Waals surface area contributed by atoms with Crippen molar-refractivity contribution >= 4 is 5.91 Å². The fourth-order valence-corrected chi connectivity index (χ4v) is 1.80. The summed E-state index contributed by atoms with van der Waals surface area (Å²) in [6.45, 7) is 4.19. The van der Waals surface area contributed by atoms with Crippen LogP contribution in [0.1, 0.15) is 13.3 Å². The minimum absolute atomic E-state index is 0.000692. The van der Waals surface area contributed by atoms with Gasteiger partial charge in [0.05, 0.1) is 19.3 Å². The van der Waals surface area contributed by atoms with Gasteiger partial charge in [-0.3, -0.25) is 4.79 Å². The van der Waals surface area contributed by atoms with Gasteiger partial charge in [-0.15, -0.1) is 0 Å². The Hall–Kier alpha value is -0.650. The van der Waals surface area contributed by atoms with Crippen molar-refractivity contribution in [1.82, 2.24) is 4.90 Å². The molecule has 1 saturated heterocycles. The first-order valence-electron chi connectivity index (χ1n) is 5.67. The number of nitrogens with zero attached hydrogens (tertiary/aromatic N) is 1. The van der Waals surface area contributed by atoms with E-state index in [1.165, 1.54) is 0 Å². The molecule has 1 aliphatic heterocycles. The summed E-state index contributed by atoms with van der Waals surface area (Å²) < 4.78 is 9.98. The molecule has 2 unspecified atom stereocenters. The molecule has 0 aliphatic carbocycles. The van der Waals surface area contributed by atoms with E-state index in [1.54, 1.807) is 18.9 Å². The molecule has 5 heteroatoms. The molecule has 0 spiro atoms. The summed E-state index contributed by atoms with van der Waals surface area (Å²) in [4.78, 5) is 13.4. The van der Waals surface area contributed by atoms with Gasteiger partial charge in [0.1, 0.15) is 6.61 Å². The van der Waals surface area contributed by atoms with Crippen molar-refractivity contribution in [3.63, 3.8) is 0 Å². The molecular formula is C11H21NO4. The van der Waals surface area contributed by atoms with Crippen LogP contribution in [0.15, 0.2) is 0 Å². The molecule has 94 valence electrons. The van der Waals surface area contributed by atoms with Gasteiger partial charge in [0.25, 0.3) is 0 Å². The van der Waals surface area contributed by atoms with Crippen LogP contribution >= 0.6 is 0 Å². The molecular weight excluding hydrogens is 210 g/mol. The summed E-state index contributed by atoms with van der Waals surface area (Å²) in [5.41, 5.74) is 0. The van der Waals surface area contributed by atoms with Gasteiger partial charge in [-0.1, -0.05) is 0 Å². The number of carbonyl (C=O) groups excluding carboxylic acids is 1. The molecule has 1 rings (SSSR count). The second-order valence-electron chi connectivity index (χ2n) is 4.17. The summed E-state index contributed by atoms with van der Waals surface area (Å²) >= 11 is 0. The highest BCUT2D eigenvalue weighted by molar-refractivity contribution is 5.77. The van der Waals surface area contributed by atoms with Gasteiger partial charge in [0.15, 0.2) is 0 Å². The topological polar surface area (TPSA) is 59.0 Å². The molecule has 0 bridgehead atoms. The van der Waals surface area contributed by atoms with Crippen molar-refractivity contribution in [2.45, 2.75) is 19.4 Å². The Kier molecular flexibility index (Phi) is 5.73. The standard InChI is InChI=1S/C11H21NO4/c1-9(13)10-3-4-12(7-10)11(14)8-16-6-5-15-2/h9-10,13H,3-8H2,1-2H3. The van der Waals surface area contributed by atoms with E-state index in [4.69, 9.17) is 9.47 Å². The number of aliphatic hydroxyl groups excluding tert-OH is 1. The van der Waals surface area contributed by atoms with E-state index in [1.807, 2.05) is 0 Å². The van der Waals surface area contributed by atoms with Crippen LogP contribution in [-0.4, -0.2) is 62.0 Å². The molecule has 0 aromatic carbocycles. The average molecular weight is 231 g/mol. The van der Waals surface area contributed by atoms with E-state index in [0.29, 0.717) is 19.8 Å². The number of aliphatic hydroxyl groups is 1. The van der Waals surface area contributed by atoms with E-state index in [0.717, 1.165) is 13.0 Å². The zero-order valence-electron chi connectivity index (χ0n) is 10.0. The van der Waals surface area contributed by atoms with Crippen LogP contribution in [0.3, 0.4) is 0 Å². The van der Waals surface area contributed by atoms with E-state index < -0.39 is 0 Å². The van der Waals surface area contributed by atoms with Crippen LogP contribution in [0.2, 0.25) is 0 Å². The quantitative estimate of drug-likeness (QED) is 0.647. The molecule has 5 nitrogen and oxygen atoms in total. The maximum absolute atomic E-state index is 11.7. The number of amides is 1. The summed E-state index contributed by atoms with van der Waals surface area (Å²) in [6, 6.07) is 0. The summed E-state index contributed by atoms with van der Waals surface area (Å²) in [6.07, 6.45) is 0.536. The Morgan fingerprint density at radius 3 is 2.88 bits per heavy atom. The predicted molar refractivity (Wildman–Crippen MR) is 59.1 cm³/mol. The summed E-state index contributed by atoms with van der Waals surface area (Å²) in [5.74, 6) is 0.210. The maximum Gasteiger partial charge on any atom is 0.248 e. The van der Waals surface area contributed by atoms with Gasteiger partial charge in [0, 0.05) is 26.1 Å². The lowest BCUT2D eigenvalue weighted by Crippen LogP contribution is -2.33. The van der Waals surface area contributed by atoms with Crippen LogP contribution in [0.5, 0.6) is 0 Å². The van der Waals surface area contributed by atoms with Crippen molar-refractivity contribution in [3.8, 4) is 0 Å². The number of hydrogen-bond acceptors (Lipinski definition) is 4. The monoisotopic (exact) mass is 231 g/mol. The van der Waals surface area contributed by atoms with Gasteiger partial charge >= 0.3 is 0 Å². The molecule has 0 aromatic heterocycles. The second kappa shape index (κ2) is 6.83. The summed E-state index contributed by atoms with van der Waals surface area (Å²) in [7, 11) is 1.60. The fourth-order valence-electron chi connectivity index (χ4n) is 1.80. The molecule has 0 saturated carbocycles. The third kappa shape index (κ3) is 4.08.